The van der Waals surface area contributed by atoms with Crippen LogP contribution in [0, 0.1) is 11.3 Å². The summed E-state index contributed by atoms with van der Waals surface area (Å²) < 4.78 is 5.21. The molecule has 0 heterocycles. The summed E-state index contributed by atoms with van der Waals surface area (Å²) >= 11 is 0. The molecule has 14 heavy (non-hydrogen) atoms. The van der Waals surface area contributed by atoms with Crippen molar-refractivity contribution in [2.24, 2.45) is 0 Å². The number of ether oxygens (including phenoxy) is 1. The van der Waals surface area contributed by atoms with Crippen LogP contribution in [-0.2, 0) is 4.74 Å². The van der Waals surface area contributed by atoms with Crippen molar-refractivity contribution in [1.29, 1.82) is 5.26 Å². The number of nitrogens with zero attached hydrogens (tertiary/aromatic N) is 1. The maximum atomic E-state index is 8.80. The Bertz CT molecular complexity index is 313. The van der Waals surface area contributed by atoms with Crippen LogP contribution in [0.5, 0.6) is 0 Å². The Balaban J connectivity index is 2.79. The summed E-state index contributed by atoms with van der Waals surface area (Å²) in [6, 6.07) is 9.25. The smallest absolute Gasteiger partial charge is 0.0991 e. The summed E-state index contributed by atoms with van der Waals surface area (Å²) in [6.07, 6.45) is 0.482. The Morgan fingerprint density at radius 2 is 2.07 bits per heavy atom. The Morgan fingerprint density at radius 1 is 1.43 bits per heavy atom. The molecule has 1 N–H and O–H groups in total. The van der Waals surface area contributed by atoms with E-state index in [1.165, 1.54) is 0 Å². The largest absolute Gasteiger partial charge is 0.396 e. The van der Waals surface area contributed by atoms with Crippen LogP contribution in [0.2, 0.25) is 0 Å². The third-order valence-corrected chi connectivity index (χ3v) is 2.09. The Morgan fingerprint density at radius 3 is 2.50 bits per heavy atom. The first-order valence-corrected chi connectivity index (χ1v) is 4.45. The van der Waals surface area contributed by atoms with E-state index in [0.29, 0.717) is 12.0 Å². The zero-order valence-electron chi connectivity index (χ0n) is 8.10. The van der Waals surface area contributed by atoms with E-state index < -0.39 is 0 Å². The zero-order valence-corrected chi connectivity index (χ0v) is 8.10. The lowest BCUT2D eigenvalue weighted by molar-refractivity contribution is 0.0775. The monoisotopic (exact) mass is 191 g/mol. The molecular formula is C11H13NO2. The lowest BCUT2D eigenvalue weighted by Gasteiger charge is -2.13. The lowest BCUT2D eigenvalue weighted by Crippen LogP contribution is -2.03. The van der Waals surface area contributed by atoms with Crippen LogP contribution in [-0.4, -0.2) is 18.8 Å². The number of methoxy groups -OCH3 is 1. The van der Waals surface area contributed by atoms with Gasteiger partial charge < -0.3 is 9.84 Å². The first-order chi connectivity index (χ1) is 6.81. The van der Waals surface area contributed by atoms with E-state index in [9.17, 15) is 0 Å². The summed E-state index contributed by atoms with van der Waals surface area (Å²) in [5, 5.41) is 17.4. The van der Waals surface area contributed by atoms with Crippen LogP contribution in [0.1, 0.15) is 23.7 Å². The zero-order chi connectivity index (χ0) is 10.4. The van der Waals surface area contributed by atoms with Crippen molar-refractivity contribution in [3.8, 4) is 6.07 Å². The topological polar surface area (TPSA) is 53.2 Å². The second kappa shape index (κ2) is 5.38. The van der Waals surface area contributed by atoms with Gasteiger partial charge in [0.15, 0.2) is 0 Å². The van der Waals surface area contributed by atoms with Crippen LogP contribution in [0.4, 0.5) is 0 Å². The van der Waals surface area contributed by atoms with Gasteiger partial charge in [-0.1, -0.05) is 12.1 Å². The minimum Gasteiger partial charge on any atom is -0.396 e. The fraction of sp³-hybridized carbons (Fsp3) is 0.364. The van der Waals surface area contributed by atoms with E-state index in [0.717, 1.165) is 5.56 Å². The molecule has 1 atom stereocenters. The molecule has 0 aliphatic heterocycles. The number of benzene rings is 1. The second-order valence-electron chi connectivity index (χ2n) is 2.97. The maximum absolute atomic E-state index is 8.80. The maximum Gasteiger partial charge on any atom is 0.0991 e. The molecule has 0 saturated carbocycles. The molecule has 0 aromatic heterocycles. The Hall–Kier alpha value is -1.37. The van der Waals surface area contributed by atoms with Crippen molar-refractivity contribution in [2.45, 2.75) is 12.5 Å². The molecule has 3 nitrogen and oxygen atoms in total. The third kappa shape index (κ3) is 2.56. The fourth-order valence-corrected chi connectivity index (χ4v) is 1.31. The van der Waals surface area contributed by atoms with Gasteiger partial charge in [0.25, 0.3) is 0 Å². The molecule has 74 valence electrons. The van der Waals surface area contributed by atoms with E-state index in [-0.39, 0.29) is 12.7 Å². The summed E-state index contributed by atoms with van der Waals surface area (Å²) in [5.74, 6) is 0. The SMILES string of the molecule is COC(CCO)c1ccc(C#N)cc1. The summed E-state index contributed by atoms with van der Waals surface area (Å²) in [5.41, 5.74) is 1.62. The highest BCUT2D eigenvalue weighted by Crippen LogP contribution is 2.20. The molecule has 0 radical (unpaired) electrons. The van der Waals surface area contributed by atoms with Crippen LogP contribution < -0.4 is 0 Å². The van der Waals surface area contributed by atoms with Gasteiger partial charge in [0, 0.05) is 20.1 Å². The highest BCUT2D eigenvalue weighted by molar-refractivity contribution is 5.32. The van der Waals surface area contributed by atoms with Gasteiger partial charge in [0.05, 0.1) is 17.7 Å². The summed E-state index contributed by atoms with van der Waals surface area (Å²) in [7, 11) is 1.61. The van der Waals surface area contributed by atoms with Gasteiger partial charge in [-0.25, -0.2) is 0 Å². The normalized spacial score (nSPS) is 12.1. The average Bonchev–Trinajstić information content (AvgIpc) is 2.26. The lowest BCUT2D eigenvalue weighted by atomic mass is 10.1. The van der Waals surface area contributed by atoms with Gasteiger partial charge in [0.1, 0.15) is 0 Å². The van der Waals surface area contributed by atoms with Crippen molar-refractivity contribution in [3.05, 3.63) is 35.4 Å². The van der Waals surface area contributed by atoms with Crippen LogP contribution >= 0.6 is 0 Å². The fourth-order valence-electron chi connectivity index (χ4n) is 1.31. The number of hydrogen-bond acceptors (Lipinski definition) is 3. The van der Waals surface area contributed by atoms with Crippen LogP contribution in [0.3, 0.4) is 0 Å². The molecule has 0 saturated heterocycles. The van der Waals surface area contributed by atoms with Crippen molar-refractivity contribution in [1.82, 2.24) is 0 Å². The standard InChI is InChI=1S/C11H13NO2/c1-14-11(6-7-13)10-4-2-9(8-12)3-5-10/h2-5,11,13H,6-7H2,1H3. The average molecular weight is 191 g/mol. The first kappa shape index (κ1) is 10.7. The van der Waals surface area contributed by atoms with E-state index in [4.69, 9.17) is 15.1 Å². The minimum absolute atomic E-state index is 0.0901. The van der Waals surface area contributed by atoms with Gasteiger partial charge in [-0.2, -0.15) is 5.26 Å². The molecule has 3 heteroatoms. The van der Waals surface area contributed by atoms with Gasteiger partial charge in [0.2, 0.25) is 0 Å². The minimum atomic E-state index is -0.0901. The second-order valence-corrected chi connectivity index (χ2v) is 2.97. The van der Waals surface area contributed by atoms with Gasteiger partial charge in [-0.05, 0) is 17.7 Å². The molecule has 0 aliphatic rings. The number of hydrogen-bond donors (Lipinski definition) is 1. The predicted octanol–water partition coefficient (Wildman–Crippen LogP) is 1.63. The number of nitriles is 1. The number of aliphatic hydroxyl groups excluding tert-OH is 1. The van der Waals surface area contributed by atoms with Crippen molar-refractivity contribution >= 4 is 0 Å². The molecule has 0 amide bonds. The van der Waals surface area contributed by atoms with E-state index in [1.807, 2.05) is 12.1 Å². The highest BCUT2D eigenvalue weighted by Gasteiger charge is 2.08. The van der Waals surface area contributed by atoms with Gasteiger partial charge >= 0.3 is 0 Å². The number of rotatable bonds is 4. The molecule has 0 fully saturated rings. The van der Waals surface area contributed by atoms with E-state index >= 15 is 0 Å². The first-order valence-electron chi connectivity index (χ1n) is 4.45. The molecule has 1 unspecified atom stereocenters. The third-order valence-electron chi connectivity index (χ3n) is 2.09. The van der Waals surface area contributed by atoms with Gasteiger partial charge in [-0.3, -0.25) is 0 Å². The quantitative estimate of drug-likeness (QED) is 0.786. The van der Waals surface area contributed by atoms with Crippen molar-refractivity contribution in [2.75, 3.05) is 13.7 Å². The Kier molecular flexibility index (Phi) is 4.11. The molecule has 0 bridgehead atoms. The number of aliphatic hydroxyl groups is 1. The van der Waals surface area contributed by atoms with Crippen molar-refractivity contribution in [3.63, 3.8) is 0 Å². The van der Waals surface area contributed by atoms with Crippen molar-refractivity contribution < 1.29 is 9.84 Å². The summed E-state index contributed by atoms with van der Waals surface area (Å²) in [4.78, 5) is 0. The van der Waals surface area contributed by atoms with Crippen LogP contribution in [0.25, 0.3) is 0 Å². The predicted molar refractivity (Wildman–Crippen MR) is 52.6 cm³/mol. The highest BCUT2D eigenvalue weighted by atomic mass is 16.5. The van der Waals surface area contributed by atoms with Crippen LogP contribution in [0.15, 0.2) is 24.3 Å². The Labute approximate surface area is 83.6 Å². The molecule has 0 spiro atoms. The summed E-state index contributed by atoms with van der Waals surface area (Å²) in [6.45, 7) is 0.0957. The van der Waals surface area contributed by atoms with Gasteiger partial charge in [-0.15, -0.1) is 0 Å². The molecular weight excluding hydrogens is 178 g/mol. The van der Waals surface area contributed by atoms with E-state index in [2.05, 4.69) is 6.07 Å². The molecule has 1 rings (SSSR count). The molecule has 1 aromatic rings. The molecule has 1 aromatic carbocycles. The molecule has 0 aliphatic carbocycles. The van der Waals surface area contributed by atoms with E-state index in [1.54, 1.807) is 19.2 Å².